The molecule has 6 heteroatoms. The molecule has 0 aliphatic carbocycles. The molecule has 40 heavy (non-hydrogen) atoms. The van der Waals surface area contributed by atoms with Crippen molar-refractivity contribution in [2.75, 3.05) is 6.61 Å². The zero-order valence-electron chi connectivity index (χ0n) is 22.5. The van der Waals surface area contributed by atoms with Crippen LogP contribution in [0.1, 0.15) is 22.3 Å². The molecule has 5 rings (SSSR count). The Balaban J connectivity index is 1.36. The SMILES string of the molecule is OC1O[C@H](COCc2ccccc2)[C@@H](OCc2ccccc2)[C@H](OCc2ccccc2)[C@@H]1OCc1ccccc1. The van der Waals surface area contributed by atoms with E-state index in [4.69, 9.17) is 23.7 Å². The van der Waals surface area contributed by atoms with E-state index in [1.165, 1.54) is 0 Å². The van der Waals surface area contributed by atoms with Gasteiger partial charge in [-0.15, -0.1) is 0 Å². The number of ether oxygens (including phenoxy) is 5. The maximum atomic E-state index is 11.2. The van der Waals surface area contributed by atoms with Gasteiger partial charge in [-0.3, -0.25) is 0 Å². The number of hydrogen-bond acceptors (Lipinski definition) is 6. The van der Waals surface area contributed by atoms with Crippen molar-refractivity contribution >= 4 is 0 Å². The zero-order chi connectivity index (χ0) is 27.4. The molecule has 0 aromatic heterocycles. The molecule has 1 N–H and O–H groups in total. The van der Waals surface area contributed by atoms with Gasteiger partial charge >= 0.3 is 0 Å². The van der Waals surface area contributed by atoms with Crippen LogP contribution in [0, 0.1) is 0 Å². The summed E-state index contributed by atoms with van der Waals surface area (Å²) in [6, 6.07) is 39.7. The normalized spacial score (nSPS) is 22.7. The molecule has 4 aromatic carbocycles. The van der Waals surface area contributed by atoms with Crippen LogP contribution in [-0.2, 0) is 50.1 Å². The summed E-state index contributed by atoms with van der Waals surface area (Å²) in [5, 5.41) is 11.2. The van der Waals surface area contributed by atoms with Gasteiger partial charge in [0.05, 0.1) is 33.0 Å². The van der Waals surface area contributed by atoms with Crippen molar-refractivity contribution in [3.8, 4) is 0 Å². The summed E-state index contributed by atoms with van der Waals surface area (Å²) in [7, 11) is 0. The molecule has 1 heterocycles. The van der Waals surface area contributed by atoms with E-state index in [0.29, 0.717) is 26.4 Å². The lowest BCUT2D eigenvalue weighted by molar-refractivity contribution is -0.317. The molecule has 5 atom stereocenters. The Morgan fingerprint density at radius 1 is 0.475 bits per heavy atom. The number of hydrogen-bond donors (Lipinski definition) is 1. The molecule has 0 radical (unpaired) electrons. The second-order valence-corrected chi connectivity index (χ2v) is 9.85. The Kier molecular flexibility index (Phi) is 10.5. The van der Waals surface area contributed by atoms with Crippen LogP contribution in [0.15, 0.2) is 121 Å². The third-order valence-corrected chi connectivity index (χ3v) is 6.86. The van der Waals surface area contributed by atoms with E-state index in [0.717, 1.165) is 22.3 Å². The molecule has 1 aliphatic heterocycles. The van der Waals surface area contributed by atoms with E-state index in [2.05, 4.69) is 0 Å². The van der Waals surface area contributed by atoms with E-state index in [-0.39, 0.29) is 6.61 Å². The second kappa shape index (κ2) is 14.9. The summed E-state index contributed by atoms with van der Waals surface area (Å²) < 4.78 is 31.4. The summed E-state index contributed by atoms with van der Waals surface area (Å²) >= 11 is 0. The highest BCUT2D eigenvalue weighted by atomic mass is 16.7. The summed E-state index contributed by atoms with van der Waals surface area (Å²) in [6.45, 7) is 1.65. The first-order valence-corrected chi connectivity index (χ1v) is 13.7. The monoisotopic (exact) mass is 540 g/mol. The van der Waals surface area contributed by atoms with Gasteiger partial charge in [-0.1, -0.05) is 121 Å². The highest BCUT2D eigenvalue weighted by Crippen LogP contribution is 2.30. The Hall–Kier alpha value is -3.36. The number of benzene rings is 4. The van der Waals surface area contributed by atoms with Crippen molar-refractivity contribution in [3.05, 3.63) is 144 Å². The Bertz CT molecular complexity index is 1240. The van der Waals surface area contributed by atoms with Crippen LogP contribution in [0.5, 0.6) is 0 Å². The molecule has 6 nitrogen and oxygen atoms in total. The lowest BCUT2D eigenvalue weighted by Gasteiger charge is -2.44. The summed E-state index contributed by atoms with van der Waals surface area (Å²) in [5.74, 6) is 0. The van der Waals surface area contributed by atoms with Gasteiger partial charge in [0.15, 0.2) is 6.29 Å². The van der Waals surface area contributed by atoms with Crippen molar-refractivity contribution in [1.82, 2.24) is 0 Å². The van der Waals surface area contributed by atoms with Gasteiger partial charge in [-0.2, -0.15) is 0 Å². The molecule has 1 fully saturated rings. The molecule has 0 spiro atoms. The van der Waals surface area contributed by atoms with Crippen LogP contribution in [0.3, 0.4) is 0 Å². The summed E-state index contributed by atoms with van der Waals surface area (Å²) in [5.41, 5.74) is 4.10. The molecule has 0 saturated carbocycles. The molecule has 208 valence electrons. The third-order valence-electron chi connectivity index (χ3n) is 6.86. The largest absolute Gasteiger partial charge is 0.374 e. The summed E-state index contributed by atoms with van der Waals surface area (Å²) in [6.07, 6.45) is -3.72. The predicted molar refractivity (Wildman–Crippen MR) is 152 cm³/mol. The van der Waals surface area contributed by atoms with Crippen molar-refractivity contribution < 1.29 is 28.8 Å². The van der Waals surface area contributed by atoms with Gasteiger partial charge < -0.3 is 28.8 Å². The van der Waals surface area contributed by atoms with Gasteiger partial charge in [-0.05, 0) is 22.3 Å². The smallest absolute Gasteiger partial charge is 0.184 e. The van der Waals surface area contributed by atoms with Crippen LogP contribution < -0.4 is 0 Å². The predicted octanol–water partition coefficient (Wildman–Crippen LogP) is 5.68. The molecule has 1 aliphatic rings. The molecule has 1 saturated heterocycles. The van der Waals surface area contributed by atoms with E-state index >= 15 is 0 Å². The van der Waals surface area contributed by atoms with E-state index < -0.39 is 30.7 Å². The Labute approximate surface area is 236 Å². The average Bonchev–Trinajstić information content (AvgIpc) is 3.01. The number of rotatable bonds is 13. The van der Waals surface area contributed by atoms with Gasteiger partial charge in [0.1, 0.15) is 24.4 Å². The quantitative estimate of drug-likeness (QED) is 0.236. The lowest BCUT2D eigenvalue weighted by atomic mass is 9.98. The van der Waals surface area contributed by atoms with Crippen LogP contribution in [0.2, 0.25) is 0 Å². The second-order valence-electron chi connectivity index (χ2n) is 9.85. The van der Waals surface area contributed by atoms with Gasteiger partial charge in [0, 0.05) is 0 Å². The fourth-order valence-corrected chi connectivity index (χ4v) is 4.77. The van der Waals surface area contributed by atoms with Gasteiger partial charge in [0.25, 0.3) is 0 Å². The zero-order valence-corrected chi connectivity index (χ0v) is 22.5. The first kappa shape index (κ1) is 28.2. The fraction of sp³-hybridized carbons (Fsp3) is 0.294. The minimum absolute atomic E-state index is 0.224. The molecule has 1 unspecified atom stereocenters. The highest BCUT2D eigenvalue weighted by Gasteiger charge is 2.48. The molecular formula is C34H36O6. The van der Waals surface area contributed by atoms with Crippen molar-refractivity contribution in [2.24, 2.45) is 0 Å². The standard InChI is InChI=1S/C34H36O6/c35-34-33(39-24-29-19-11-4-12-20-29)32(38-23-28-17-9-3-10-18-28)31(37-22-27-15-7-2-8-16-27)30(40-34)25-36-21-26-13-5-1-6-14-26/h1-20,30-35H,21-25H2/t30-,31-,32+,33+,34?/m1/s1. The van der Waals surface area contributed by atoms with Crippen LogP contribution in [0.25, 0.3) is 0 Å². The van der Waals surface area contributed by atoms with E-state index in [1.54, 1.807) is 0 Å². The fourth-order valence-electron chi connectivity index (χ4n) is 4.77. The van der Waals surface area contributed by atoms with E-state index in [9.17, 15) is 5.11 Å². The van der Waals surface area contributed by atoms with Crippen LogP contribution in [0.4, 0.5) is 0 Å². The van der Waals surface area contributed by atoms with Crippen molar-refractivity contribution in [3.63, 3.8) is 0 Å². The topological polar surface area (TPSA) is 66.4 Å². The van der Waals surface area contributed by atoms with Crippen LogP contribution >= 0.6 is 0 Å². The van der Waals surface area contributed by atoms with Gasteiger partial charge in [-0.25, -0.2) is 0 Å². The minimum Gasteiger partial charge on any atom is -0.374 e. The molecule has 0 amide bonds. The highest BCUT2D eigenvalue weighted by molar-refractivity contribution is 5.16. The lowest BCUT2D eigenvalue weighted by Crippen LogP contribution is -2.61. The van der Waals surface area contributed by atoms with Crippen LogP contribution in [-0.4, -0.2) is 42.4 Å². The number of aliphatic hydroxyl groups is 1. The molecular weight excluding hydrogens is 504 g/mol. The number of aliphatic hydroxyl groups excluding tert-OH is 1. The average molecular weight is 541 g/mol. The van der Waals surface area contributed by atoms with Crippen molar-refractivity contribution in [1.29, 1.82) is 0 Å². The molecule has 4 aromatic rings. The maximum Gasteiger partial charge on any atom is 0.184 e. The summed E-state index contributed by atoms with van der Waals surface area (Å²) in [4.78, 5) is 0. The first-order chi connectivity index (χ1) is 19.8. The molecule has 0 bridgehead atoms. The first-order valence-electron chi connectivity index (χ1n) is 13.7. The maximum absolute atomic E-state index is 11.2. The van der Waals surface area contributed by atoms with Crippen molar-refractivity contribution in [2.45, 2.75) is 57.1 Å². The third kappa shape index (κ3) is 8.08. The van der Waals surface area contributed by atoms with Gasteiger partial charge in [0.2, 0.25) is 0 Å². The minimum atomic E-state index is -1.22. The van der Waals surface area contributed by atoms with E-state index in [1.807, 2.05) is 121 Å². The Morgan fingerprint density at radius 2 is 0.850 bits per heavy atom. The Morgan fingerprint density at radius 3 is 1.30 bits per heavy atom.